The first-order chi connectivity index (χ1) is 14.9. The minimum absolute atomic E-state index is 0. The first-order valence-electron chi connectivity index (χ1n) is 8.98. The van der Waals surface area contributed by atoms with Crippen molar-refractivity contribution in [2.24, 2.45) is 0 Å². The average molecular weight is 584 g/mol. The molecule has 0 atom stereocenters. The topological polar surface area (TPSA) is 85.2 Å². The van der Waals surface area contributed by atoms with Crippen molar-refractivity contribution in [3.05, 3.63) is 116 Å². The summed E-state index contributed by atoms with van der Waals surface area (Å²) in [7, 11) is 0. The van der Waals surface area contributed by atoms with E-state index in [9.17, 15) is 0 Å². The molecule has 155 valence electrons. The molecular formula is C23H17IrN7-2. The van der Waals surface area contributed by atoms with Crippen LogP contribution >= 0.6 is 0 Å². The van der Waals surface area contributed by atoms with Gasteiger partial charge in [0.05, 0.1) is 0 Å². The van der Waals surface area contributed by atoms with Crippen LogP contribution in [0, 0.1) is 17.9 Å². The molecule has 5 aromatic rings. The van der Waals surface area contributed by atoms with Gasteiger partial charge in [-0.3, -0.25) is 0 Å². The van der Waals surface area contributed by atoms with Crippen LogP contribution in [0.2, 0.25) is 0 Å². The maximum absolute atomic E-state index is 6.25. The number of aromatic nitrogens is 6. The van der Waals surface area contributed by atoms with Crippen LogP contribution < -0.4 is 0 Å². The van der Waals surface area contributed by atoms with Gasteiger partial charge >= 0.3 is 0 Å². The third kappa shape index (κ3) is 6.54. The van der Waals surface area contributed by atoms with Gasteiger partial charge in [0.25, 0.3) is 0 Å². The van der Waals surface area contributed by atoms with E-state index < -0.39 is 0 Å². The molecular weight excluding hydrogens is 567 g/mol. The smallest absolute Gasteiger partial charge is 0.155 e. The third-order valence-electron chi connectivity index (χ3n) is 3.85. The Hall–Kier alpha value is -3.92. The number of rotatable bonds is 3. The molecule has 4 aromatic heterocycles. The Labute approximate surface area is 194 Å². The number of nitrogens with zero attached hydrogens (tertiary/aromatic N) is 7. The fourth-order valence-corrected chi connectivity index (χ4v) is 2.55. The van der Waals surface area contributed by atoms with E-state index in [0.717, 1.165) is 22.9 Å². The van der Waals surface area contributed by atoms with Gasteiger partial charge in [0.15, 0.2) is 11.6 Å². The summed E-state index contributed by atoms with van der Waals surface area (Å²) in [5.74, 6) is 1.55. The third-order valence-corrected chi connectivity index (χ3v) is 3.85. The molecule has 0 bridgehead atoms. The Bertz CT molecular complexity index is 1050. The Morgan fingerprint density at radius 2 is 1.35 bits per heavy atom. The Kier molecular flexibility index (Phi) is 9.50. The molecule has 1 radical (unpaired) electrons. The fourth-order valence-electron chi connectivity index (χ4n) is 2.55. The quantitative estimate of drug-likeness (QED) is 0.299. The first kappa shape index (κ1) is 23.4. The van der Waals surface area contributed by atoms with E-state index in [1.54, 1.807) is 28.0 Å². The van der Waals surface area contributed by atoms with Gasteiger partial charge < -0.3 is 16.8 Å². The second-order valence-electron chi connectivity index (χ2n) is 5.75. The molecule has 0 saturated carbocycles. The van der Waals surface area contributed by atoms with Crippen molar-refractivity contribution in [1.82, 2.24) is 29.5 Å². The Morgan fingerprint density at radius 1 is 0.710 bits per heavy atom. The van der Waals surface area contributed by atoms with Crippen molar-refractivity contribution in [1.29, 1.82) is 5.26 Å². The van der Waals surface area contributed by atoms with Crippen molar-refractivity contribution in [3.63, 3.8) is 0 Å². The molecule has 1 aromatic carbocycles. The predicted molar refractivity (Wildman–Crippen MR) is 112 cm³/mol. The minimum atomic E-state index is 0. The molecule has 7 nitrogen and oxygen atoms in total. The van der Waals surface area contributed by atoms with Gasteiger partial charge in [0.2, 0.25) is 0 Å². The Morgan fingerprint density at radius 3 is 1.84 bits per heavy atom. The molecule has 4 heterocycles. The molecule has 0 aliphatic heterocycles. The summed E-state index contributed by atoms with van der Waals surface area (Å²) in [6.07, 6.45) is 8.95. The molecule has 0 N–H and O–H groups in total. The van der Waals surface area contributed by atoms with Gasteiger partial charge in [0, 0.05) is 51.1 Å². The zero-order valence-electron chi connectivity index (χ0n) is 16.3. The van der Waals surface area contributed by atoms with Crippen LogP contribution in [-0.2, 0) is 20.1 Å². The van der Waals surface area contributed by atoms with Gasteiger partial charge in [-0.05, 0) is 36.0 Å². The SMILES string of the molecule is [C-]#N.[Ir].[c-]1ccccc1-c1ccccn1.c1cc(-n2cccn2)nc(-n2cccn2)c1. The zero-order chi connectivity index (χ0) is 21.0. The summed E-state index contributed by atoms with van der Waals surface area (Å²) in [6.45, 7) is 4.75. The molecule has 0 saturated heterocycles. The maximum Gasteiger partial charge on any atom is 0.155 e. The van der Waals surface area contributed by atoms with Crippen LogP contribution in [-0.4, -0.2) is 29.5 Å². The van der Waals surface area contributed by atoms with Crippen molar-refractivity contribution < 1.29 is 20.1 Å². The van der Waals surface area contributed by atoms with Crippen LogP contribution in [0.5, 0.6) is 0 Å². The molecule has 0 amide bonds. The predicted octanol–water partition coefficient (Wildman–Crippen LogP) is 4.10. The van der Waals surface area contributed by atoms with Crippen molar-refractivity contribution in [2.45, 2.75) is 0 Å². The van der Waals surface area contributed by atoms with Crippen molar-refractivity contribution in [3.8, 4) is 22.9 Å². The number of benzene rings is 1. The van der Waals surface area contributed by atoms with E-state index >= 15 is 0 Å². The van der Waals surface area contributed by atoms with Crippen LogP contribution in [0.4, 0.5) is 0 Å². The summed E-state index contributed by atoms with van der Waals surface area (Å²) in [5.41, 5.74) is 2.01. The number of hydrogen-bond donors (Lipinski definition) is 0. The maximum atomic E-state index is 6.25. The summed E-state index contributed by atoms with van der Waals surface area (Å²) >= 11 is 0. The molecule has 0 aliphatic carbocycles. The molecule has 0 unspecified atom stereocenters. The summed E-state index contributed by atoms with van der Waals surface area (Å²) in [5, 5.41) is 14.5. The van der Waals surface area contributed by atoms with Crippen LogP contribution in [0.1, 0.15) is 0 Å². The van der Waals surface area contributed by atoms with Gasteiger partial charge in [-0.2, -0.15) is 10.2 Å². The molecule has 8 heteroatoms. The summed E-state index contributed by atoms with van der Waals surface area (Å²) < 4.78 is 3.43. The summed E-state index contributed by atoms with van der Waals surface area (Å²) in [4.78, 5) is 8.68. The van der Waals surface area contributed by atoms with E-state index in [2.05, 4.69) is 26.2 Å². The molecule has 0 aliphatic rings. The largest absolute Gasteiger partial charge is 0.512 e. The average Bonchev–Trinajstić information content (AvgIpc) is 3.57. The molecule has 0 spiro atoms. The zero-order valence-corrected chi connectivity index (χ0v) is 18.7. The monoisotopic (exact) mass is 584 g/mol. The van der Waals surface area contributed by atoms with Crippen LogP contribution in [0.3, 0.4) is 0 Å². The van der Waals surface area contributed by atoms with Crippen LogP contribution in [0.25, 0.3) is 22.9 Å². The normalized spacial score (nSPS) is 9.23. The fraction of sp³-hybridized carbons (Fsp3) is 0. The van der Waals surface area contributed by atoms with E-state index in [0.29, 0.717) is 0 Å². The molecule has 5 rings (SSSR count). The van der Waals surface area contributed by atoms with Gasteiger partial charge in [-0.15, -0.1) is 35.9 Å². The minimum Gasteiger partial charge on any atom is -0.512 e. The van der Waals surface area contributed by atoms with E-state index in [1.165, 1.54) is 0 Å². The van der Waals surface area contributed by atoms with Gasteiger partial charge in [-0.1, -0.05) is 18.2 Å². The standard InChI is InChI=1S/C11H9N5.C11H8N.CN.Ir/c1-4-10(15-8-2-6-12-15)14-11(5-1)16-9-3-7-13-16;1-2-6-10(7-3-1)11-8-4-5-9-12-11;1-2;/h1-9H;1-6,8-9H;;/q;2*-1;. The van der Waals surface area contributed by atoms with E-state index in [-0.39, 0.29) is 20.1 Å². The van der Waals surface area contributed by atoms with Gasteiger partial charge in [-0.25, -0.2) is 14.3 Å². The van der Waals surface area contributed by atoms with Crippen molar-refractivity contribution >= 4 is 0 Å². The van der Waals surface area contributed by atoms with E-state index in [1.807, 2.05) is 85.2 Å². The second-order valence-corrected chi connectivity index (χ2v) is 5.75. The van der Waals surface area contributed by atoms with Crippen molar-refractivity contribution in [2.75, 3.05) is 0 Å². The molecule has 31 heavy (non-hydrogen) atoms. The van der Waals surface area contributed by atoms with Gasteiger partial charge in [0.1, 0.15) is 0 Å². The molecule has 0 fully saturated rings. The number of hydrogen-bond acceptors (Lipinski definition) is 5. The first-order valence-corrected chi connectivity index (χ1v) is 8.98. The second kappa shape index (κ2) is 12.6. The van der Waals surface area contributed by atoms with E-state index in [4.69, 9.17) is 11.8 Å². The Balaban J connectivity index is 0.000000205. The number of pyridine rings is 2. The van der Waals surface area contributed by atoms with Crippen LogP contribution in [0.15, 0.2) is 104 Å². The summed E-state index contributed by atoms with van der Waals surface area (Å²) in [6, 6.07) is 26.3.